The lowest BCUT2D eigenvalue weighted by molar-refractivity contribution is 0.181. The van der Waals surface area contributed by atoms with Gasteiger partial charge in [-0.25, -0.2) is 8.42 Å². The molecule has 3 rings (SSSR count). The van der Waals surface area contributed by atoms with Gasteiger partial charge >= 0.3 is 0 Å². The van der Waals surface area contributed by atoms with E-state index in [-0.39, 0.29) is 0 Å². The van der Waals surface area contributed by atoms with Crippen LogP contribution in [0.2, 0.25) is 0 Å². The predicted molar refractivity (Wildman–Crippen MR) is 110 cm³/mol. The number of sulfonamides is 1. The number of hydrogen-bond donors (Lipinski definition) is 0. The van der Waals surface area contributed by atoms with Crippen molar-refractivity contribution in [2.75, 3.05) is 26.2 Å². The van der Waals surface area contributed by atoms with Crippen LogP contribution < -0.4 is 0 Å². The summed E-state index contributed by atoms with van der Waals surface area (Å²) in [6.07, 6.45) is 0.953. The molecule has 0 unspecified atom stereocenters. The minimum Gasteiger partial charge on any atom is -0.296 e. The quantitative estimate of drug-likeness (QED) is 0.750. The molecule has 1 saturated heterocycles. The fraction of sp³-hybridized carbons (Fsp3) is 0.409. The number of rotatable bonds is 6. The van der Waals surface area contributed by atoms with Crippen LogP contribution in [0.15, 0.2) is 53.4 Å². The van der Waals surface area contributed by atoms with Gasteiger partial charge in [0.2, 0.25) is 10.0 Å². The van der Waals surface area contributed by atoms with Gasteiger partial charge in [-0.1, -0.05) is 38.1 Å². The standard InChI is InChI=1S/C22H27N3O2S/c1-18(2)15-19-7-9-22(10-8-19)28(26,27)25-13-11-24(12-14-25)17-21-5-3-20(16-23)4-6-21/h3-10,18H,11-15,17H2,1-2H3. The van der Waals surface area contributed by atoms with Gasteiger partial charge in [0.1, 0.15) is 0 Å². The lowest BCUT2D eigenvalue weighted by Gasteiger charge is -2.34. The molecule has 2 aromatic carbocycles. The van der Waals surface area contributed by atoms with Crippen LogP contribution in [-0.2, 0) is 23.0 Å². The normalized spacial score (nSPS) is 16.2. The zero-order valence-corrected chi connectivity index (χ0v) is 17.3. The second kappa shape index (κ2) is 8.87. The average Bonchev–Trinajstić information content (AvgIpc) is 2.69. The van der Waals surface area contributed by atoms with Crippen molar-refractivity contribution in [2.45, 2.75) is 31.7 Å². The molecule has 2 aromatic rings. The van der Waals surface area contributed by atoms with Crippen molar-refractivity contribution in [3.8, 4) is 6.07 Å². The summed E-state index contributed by atoms with van der Waals surface area (Å²) >= 11 is 0. The van der Waals surface area contributed by atoms with E-state index in [1.165, 1.54) is 5.56 Å². The van der Waals surface area contributed by atoms with E-state index in [9.17, 15) is 8.42 Å². The molecule has 1 fully saturated rings. The fourth-order valence-electron chi connectivity index (χ4n) is 3.49. The summed E-state index contributed by atoms with van der Waals surface area (Å²) < 4.78 is 27.4. The zero-order chi connectivity index (χ0) is 20.1. The van der Waals surface area contributed by atoms with Gasteiger partial charge in [0, 0.05) is 32.7 Å². The highest BCUT2D eigenvalue weighted by atomic mass is 32.2. The van der Waals surface area contributed by atoms with Crippen LogP contribution in [0.5, 0.6) is 0 Å². The number of hydrogen-bond acceptors (Lipinski definition) is 4. The van der Waals surface area contributed by atoms with Crippen LogP contribution in [0, 0.1) is 17.2 Å². The fourth-order valence-corrected chi connectivity index (χ4v) is 4.91. The van der Waals surface area contributed by atoms with E-state index in [0.29, 0.717) is 42.6 Å². The third-order valence-corrected chi connectivity index (χ3v) is 6.94. The average molecular weight is 398 g/mol. The molecule has 0 bridgehead atoms. The molecule has 6 heteroatoms. The van der Waals surface area contributed by atoms with E-state index in [4.69, 9.17) is 5.26 Å². The molecule has 0 atom stereocenters. The molecule has 0 aliphatic carbocycles. The predicted octanol–water partition coefficient (Wildman–Crippen LogP) is 3.26. The van der Waals surface area contributed by atoms with Crippen LogP contribution in [0.25, 0.3) is 0 Å². The molecule has 0 aromatic heterocycles. The Morgan fingerprint density at radius 3 is 2.04 bits per heavy atom. The molecular weight excluding hydrogens is 370 g/mol. The van der Waals surface area contributed by atoms with Gasteiger partial charge in [0.25, 0.3) is 0 Å². The summed E-state index contributed by atoms with van der Waals surface area (Å²) in [4.78, 5) is 2.62. The second-order valence-corrected chi connectivity index (χ2v) is 9.67. The molecule has 0 amide bonds. The van der Waals surface area contributed by atoms with Crippen molar-refractivity contribution < 1.29 is 8.42 Å². The Kier molecular flexibility index (Phi) is 6.50. The highest BCUT2D eigenvalue weighted by Crippen LogP contribution is 2.20. The Bertz CT molecular complexity index is 921. The van der Waals surface area contributed by atoms with E-state index in [2.05, 4.69) is 24.8 Å². The smallest absolute Gasteiger partial charge is 0.243 e. The summed E-state index contributed by atoms with van der Waals surface area (Å²) in [5.41, 5.74) is 2.95. The van der Waals surface area contributed by atoms with Gasteiger partial charge in [0.15, 0.2) is 0 Å². The first-order valence-electron chi connectivity index (χ1n) is 9.69. The maximum Gasteiger partial charge on any atom is 0.243 e. The van der Waals surface area contributed by atoms with E-state index in [1.807, 2.05) is 36.4 Å². The molecule has 1 aliphatic rings. The summed E-state index contributed by atoms with van der Waals surface area (Å²) in [5, 5.41) is 8.88. The highest BCUT2D eigenvalue weighted by molar-refractivity contribution is 7.89. The number of piperazine rings is 1. The zero-order valence-electron chi connectivity index (χ0n) is 16.5. The van der Waals surface area contributed by atoms with Crippen LogP contribution in [-0.4, -0.2) is 43.8 Å². The lowest BCUT2D eigenvalue weighted by atomic mass is 10.0. The summed E-state index contributed by atoms with van der Waals surface area (Å²) in [6, 6.07) is 17.0. The minimum atomic E-state index is -3.44. The lowest BCUT2D eigenvalue weighted by Crippen LogP contribution is -2.48. The molecular formula is C22H27N3O2S. The molecule has 1 aliphatic heterocycles. The Hall–Kier alpha value is -2.20. The van der Waals surface area contributed by atoms with Gasteiger partial charge in [-0.15, -0.1) is 0 Å². The van der Waals surface area contributed by atoms with Crippen LogP contribution in [0.3, 0.4) is 0 Å². The molecule has 0 spiro atoms. The van der Waals surface area contributed by atoms with E-state index in [1.54, 1.807) is 16.4 Å². The summed E-state index contributed by atoms with van der Waals surface area (Å²) in [6.45, 7) is 7.46. The molecule has 148 valence electrons. The number of nitriles is 1. The van der Waals surface area contributed by atoms with Gasteiger partial charge < -0.3 is 0 Å². The van der Waals surface area contributed by atoms with Crippen molar-refractivity contribution in [2.24, 2.45) is 5.92 Å². The molecule has 5 nitrogen and oxygen atoms in total. The maximum atomic E-state index is 12.9. The first-order valence-corrected chi connectivity index (χ1v) is 11.1. The third-order valence-electron chi connectivity index (χ3n) is 5.03. The van der Waals surface area contributed by atoms with Gasteiger partial charge in [-0.05, 0) is 47.7 Å². The third kappa shape index (κ3) is 4.99. The molecule has 0 saturated carbocycles. The van der Waals surface area contributed by atoms with Gasteiger partial charge in [-0.2, -0.15) is 9.57 Å². The van der Waals surface area contributed by atoms with E-state index < -0.39 is 10.0 Å². The van der Waals surface area contributed by atoms with Crippen molar-refractivity contribution >= 4 is 10.0 Å². The van der Waals surface area contributed by atoms with E-state index >= 15 is 0 Å². The topological polar surface area (TPSA) is 64.4 Å². The first-order chi connectivity index (χ1) is 13.4. The van der Waals surface area contributed by atoms with Crippen molar-refractivity contribution in [3.05, 3.63) is 65.2 Å². The molecule has 0 radical (unpaired) electrons. The Morgan fingerprint density at radius 1 is 0.929 bits per heavy atom. The minimum absolute atomic E-state index is 0.376. The Balaban J connectivity index is 1.59. The Morgan fingerprint density at radius 2 is 1.50 bits per heavy atom. The van der Waals surface area contributed by atoms with E-state index in [0.717, 1.165) is 18.5 Å². The van der Waals surface area contributed by atoms with Crippen molar-refractivity contribution in [1.29, 1.82) is 5.26 Å². The summed E-state index contributed by atoms with van der Waals surface area (Å²) in [5.74, 6) is 0.548. The molecule has 0 N–H and O–H groups in total. The summed E-state index contributed by atoms with van der Waals surface area (Å²) in [7, 11) is -3.44. The Labute approximate surface area is 168 Å². The molecule has 1 heterocycles. The van der Waals surface area contributed by atoms with Crippen LogP contribution >= 0.6 is 0 Å². The van der Waals surface area contributed by atoms with Gasteiger partial charge in [-0.3, -0.25) is 4.90 Å². The van der Waals surface area contributed by atoms with Gasteiger partial charge in [0.05, 0.1) is 16.5 Å². The molecule has 28 heavy (non-hydrogen) atoms. The number of benzene rings is 2. The van der Waals surface area contributed by atoms with Crippen LogP contribution in [0.4, 0.5) is 0 Å². The first kappa shape index (κ1) is 20.5. The largest absolute Gasteiger partial charge is 0.296 e. The monoisotopic (exact) mass is 397 g/mol. The van der Waals surface area contributed by atoms with Crippen molar-refractivity contribution in [3.63, 3.8) is 0 Å². The van der Waals surface area contributed by atoms with Crippen molar-refractivity contribution in [1.82, 2.24) is 9.21 Å². The second-order valence-electron chi connectivity index (χ2n) is 7.73. The maximum absolute atomic E-state index is 12.9. The highest BCUT2D eigenvalue weighted by Gasteiger charge is 2.28. The van der Waals surface area contributed by atoms with Crippen LogP contribution in [0.1, 0.15) is 30.5 Å². The SMILES string of the molecule is CC(C)Cc1ccc(S(=O)(=O)N2CCN(Cc3ccc(C#N)cc3)CC2)cc1. The number of nitrogens with zero attached hydrogens (tertiary/aromatic N) is 3.